The molecule has 6 nitrogen and oxygen atoms in total. The van der Waals surface area contributed by atoms with Crippen LogP contribution in [0.4, 0.5) is 0 Å². The van der Waals surface area contributed by atoms with Crippen LogP contribution in [-0.2, 0) is 9.47 Å². The highest BCUT2D eigenvalue weighted by molar-refractivity contribution is 5.88. The molecule has 0 bridgehead atoms. The van der Waals surface area contributed by atoms with Crippen LogP contribution in [0.25, 0.3) is 0 Å². The molecular formula is C10H15N3O3. The Hall–Kier alpha value is -1.43. The number of hydrogen-bond donors (Lipinski definition) is 1. The number of rotatable bonds is 3. The van der Waals surface area contributed by atoms with Gasteiger partial charge in [-0.2, -0.15) is 10.3 Å². The predicted molar refractivity (Wildman–Crippen MR) is 54.9 cm³/mol. The number of aromatic nitrogens is 3. The monoisotopic (exact) mass is 225 g/mol. The number of nitrogens with one attached hydrogen (secondary N) is 1. The van der Waals surface area contributed by atoms with Gasteiger partial charge >= 0.3 is 5.97 Å². The molecular weight excluding hydrogens is 210 g/mol. The summed E-state index contributed by atoms with van der Waals surface area (Å²) in [5.74, 6) is -0.444. The number of H-pyrrole nitrogens is 1. The zero-order chi connectivity index (χ0) is 11.4. The molecule has 1 aromatic rings. The Bertz CT molecular complexity index is 358. The molecule has 1 saturated heterocycles. The number of carbonyl (C=O) groups is 1. The summed E-state index contributed by atoms with van der Waals surface area (Å²) in [6.45, 7) is 2.80. The summed E-state index contributed by atoms with van der Waals surface area (Å²) < 4.78 is 10.5. The largest absolute Gasteiger partial charge is 0.461 e. The predicted octanol–water partition coefficient (Wildman–Crippen LogP) is 1.22. The summed E-state index contributed by atoms with van der Waals surface area (Å²) in [6.07, 6.45) is 2.88. The van der Waals surface area contributed by atoms with E-state index in [1.54, 1.807) is 6.92 Å². The van der Waals surface area contributed by atoms with Gasteiger partial charge in [-0.1, -0.05) is 0 Å². The van der Waals surface area contributed by atoms with Crippen molar-refractivity contribution in [1.29, 1.82) is 0 Å². The molecule has 1 aliphatic heterocycles. The molecule has 2 heterocycles. The normalized spacial score (nSPS) is 20.7. The van der Waals surface area contributed by atoms with Crippen LogP contribution in [0.1, 0.15) is 48.5 Å². The van der Waals surface area contributed by atoms with E-state index in [1.807, 2.05) is 0 Å². The minimum absolute atomic E-state index is 0.132. The first-order chi connectivity index (χ1) is 7.83. The van der Waals surface area contributed by atoms with Gasteiger partial charge in [-0.15, -0.1) is 5.10 Å². The third-order valence-corrected chi connectivity index (χ3v) is 2.53. The molecule has 0 radical (unpaired) electrons. The van der Waals surface area contributed by atoms with Crippen molar-refractivity contribution in [3.63, 3.8) is 0 Å². The Morgan fingerprint density at radius 3 is 3.12 bits per heavy atom. The van der Waals surface area contributed by atoms with Crippen LogP contribution in [0.15, 0.2) is 0 Å². The van der Waals surface area contributed by atoms with E-state index in [1.165, 1.54) is 0 Å². The van der Waals surface area contributed by atoms with Gasteiger partial charge in [0, 0.05) is 6.61 Å². The van der Waals surface area contributed by atoms with Crippen molar-refractivity contribution in [3.05, 3.63) is 11.4 Å². The van der Waals surface area contributed by atoms with Gasteiger partial charge in [0.1, 0.15) is 11.8 Å². The fourth-order valence-corrected chi connectivity index (χ4v) is 1.77. The molecule has 88 valence electrons. The summed E-state index contributed by atoms with van der Waals surface area (Å²) >= 11 is 0. The van der Waals surface area contributed by atoms with Gasteiger partial charge in [0.15, 0.2) is 5.69 Å². The van der Waals surface area contributed by atoms with Crippen molar-refractivity contribution >= 4 is 5.97 Å². The quantitative estimate of drug-likeness (QED) is 0.783. The van der Waals surface area contributed by atoms with Crippen molar-refractivity contribution in [2.45, 2.75) is 32.3 Å². The van der Waals surface area contributed by atoms with Gasteiger partial charge in [-0.25, -0.2) is 4.79 Å². The maximum absolute atomic E-state index is 11.6. The van der Waals surface area contributed by atoms with Crippen LogP contribution in [0, 0.1) is 0 Å². The maximum Gasteiger partial charge on any atom is 0.360 e. The van der Waals surface area contributed by atoms with Gasteiger partial charge in [-0.3, -0.25) is 0 Å². The van der Waals surface area contributed by atoms with Gasteiger partial charge in [0.2, 0.25) is 0 Å². The van der Waals surface area contributed by atoms with E-state index in [2.05, 4.69) is 15.4 Å². The van der Waals surface area contributed by atoms with Gasteiger partial charge in [-0.05, 0) is 26.2 Å². The third-order valence-electron chi connectivity index (χ3n) is 2.53. The first-order valence-electron chi connectivity index (χ1n) is 5.52. The molecule has 1 aliphatic rings. The summed E-state index contributed by atoms with van der Waals surface area (Å²) in [6, 6.07) is 0. The topological polar surface area (TPSA) is 77.1 Å². The summed E-state index contributed by atoms with van der Waals surface area (Å²) in [4.78, 5) is 11.6. The standard InChI is InChI=1S/C10H15N3O3/c1-2-15-10(14)9-8(11-13-12-9)7-5-3-4-6-16-7/h7H,2-6H2,1H3,(H,11,12,13). The zero-order valence-corrected chi connectivity index (χ0v) is 9.23. The number of nitrogens with zero attached hydrogens (tertiary/aromatic N) is 2. The van der Waals surface area contributed by atoms with Crippen molar-refractivity contribution in [2.24, 2.45) is 0 Å². The molecule has 6 heteroatoms. The second-order valence-corrected chi connectivity index (χ2v) is 3.63. The SMILES string of the molecule is CCOC(=O)c1n[nH]nc1C1CCCCO1. The second kappa shape index (κ2) is 5.07. The first kappa shape index (κ1) is 11.1. The fourth-order valence-electron chi connectivity index (χ4n) is 1.77. The highest BCUT2D eigenvalue weighted by Crippen LogP contribution is 2.27. The number of hydrogen-bond acceptors (Lipinski definition) is 5. The maximum atomic E-state index is 11.6. The smallest absolute Gasteiger partial charge is 0.360 e. The zero-order valence-electron chi connectivity index (χ0n) is 9.23. The highest BCUT2D eigenvalue weighted by Gasteiger charge is 2.26. The van der Waals surface area contributed by atoms with Crippen LogP contribution in [0.3, 0.4) is 0 Å². The first-order valence-corrected chi connectivity index (χ1v) is 5.52. The molecule has 0 amide bonds. The molecule has 0 saturated carbocycles. The number of aromatic amines is 1. The van der Waals surface area contributed by atoms with Crippen LogP contribution in [0.2, 0.25) is 0 Å². The lowest BCUT2D eigenvalue weighted by Gasteiger charge is -2.20. The average Bonchev–Trinajstić information content (AvgIpc) is 2.79. The molecule has 1 N–H and O–H groups in total. The van der Waals surface area contributed by atoms with E-state index in [-0.39, 0.29) is 11.8 Å². The van der Waals surface area contributed by atoms with E-state index in [9.17, 15) is 4.79 Å². The summed E-state index contributed by atoms with van der Waals surface area (Å²) in [7, 11) is 0. The highest BCUT2D eigenvalue weighted by atomic mass is 16.5. The molecule has 0 aliphatic carbocycles. The minimum Gasteiger partial charge on any atom is -0.461 e. The molecule has 1 atom stereocenters. The van der Waals surface area contributed by atoms with Crippen LogP contribution in [-0.4, -0.2) is 34.6 Å². The van der Waals surface area contributed by atoms with E-state index in [0.29, 0.717) is 18.9 Å². The average molecular weight is 225 g/mol. The summed E-state index contributed by atoms with van der Waals surface area (Å²) in [5.41, 5.74) is 0.812. The Balaban J connectivity index is 2.14. The van der Waals surface area contributed by atoms with Crippen molar-refractivity contribution < 1.29 is 14.3 Å². The second-order valence-electron chi connectivity index (χ2n) is 3.63. The lowest BCUT2D eigenvalue weighted by molar-refractivity contribution is 0.0107. The van der Waals surface area contributed by atoms with Gasteiger partial charge < -0.3 is 9.47 Å². The van der Waals surface area contributed by atoms with Crippen molar-refractivity contribution in [2.75, 3.05) is 13.2 Å². The van der Waals surface area contributed by atoms with E-state index in [0.717, 1.165) is 19.3 Å². The number of esters is 1. The molecule has 1 unspecified atom stereocenters. The van der Waals surface area contributed by atoms with Crippen LogP contribution < -0.4 is 0 Å². The van der Waals surface area contributed by atoms with Crippen LogP contribution in [0.5, 0.6) is 0 Å². The lowest BCUT2D eigenvalue weighted by Crippen LogP contribution is -2.16. The van der Waals surface area contributed by atoms with E-state index in [4.69, 9.17) is 9.47 Å². The Kier molecular flexibility index (Phi) is 3.51. The van der Waals surface area contributed by atoms with E-state index >= 15 is 0 Å². The van der Waals surface area contributed by atoms with Crippen molar-refractivity contribution in [1.82, 2.24) is 15.4 Å². The van der Waals surface area contributed by atoms with Gasteiger partial charge in [0.05, 0.1) is 6.61 Å². The third kappa shape index (κ3) is 2.21. The van der Waals surface area contributed by atoms with E-state index < -0.39 is 5.97 Å². The molecule has 2 rings (SSSR count). The Morgan fingerprint density at radius 1 is 1.56 bits per heavy atom. The van der Waals surface area contributed by atoms with Crippen molar-refractivity contribution in [3.8, 4) is 0 Å². The Morgan fingerprint density at radius 2 is 2.44 bits per heavy atom. The number of carbonyl (C=O) groups excluding carboxylic acids is 1. The fraction of sp³-hybridized carbons (Fsp3) is 0.700. The Labute approximate surface area is 93.3 Å². The van der Waals surface area contributed by atoms with Crippen LogP contribution >= 0.6 is 0 Å². The van der Waals surface area contributed by atoms with Gasteiger partial charge in [0.25, 0.3) is 0 Å². The molecule has 0 aromatic carbocycles. The minimum atomic E-state index is -0.444. The molecule has 16 heavy (non-hydrogen) atoms. The summed E-state index contributed by atoms with van der Waals surface area (Å²) in [5, 5.41) is 10.3. The lowest BCUT2D eigenvalue weighted by atomic mass is 10.1. The molecule has 1 aromatic heterocycles. The molecule has 1 fully saturated rings. The molecule has 0 spiro atoms. The number of ether oxygens (including phenoxy) is 2.